The molecule has 0 aliphatic heterocycles. The van der Waals surface area contributed by atoms with E-state index in [0.29, 0.717) is 18.1 Å². The third kappa shape index (κ3) is 3.76. The number of rotatable bonds is 5. The van der Waals surface area contributed by atoms with Gasteiger partial charge in [0.25, 0.3) is 5.16 Å². The highest BCUT2D eigenvalue weighted by Crippen LogP contribution is 2.22. The first-order valence-electron chi connectivity index (χ1n) is 7.70. The summed E-state index contributed by atoms with van der Waals surface area (Å²) < 4.78 is 26.6. The van der Waals surface area contributed by atoms with Crippen molar-refractivity contribution in [2.75, 3.05) is 11.6 Å². The van der Waals surface area contributed by atoms with Crippen LogP contribution in [0, 0.1) is 3.57 Å². The average Bonchev–Trinajstić information content (AvgIpc) is 2.97. The molecule has 0 fully saturated rings. The highest BCUT2D eigenvalue weighted by atomic mass is 127. The van der Waals surface area contributed by atoms with E-state index in [1.807, 2.05) is 38.1 Å². The first-order valence-corrected chi connectivity index (χ1v) is 10.7. The minimum Gasteiger partial charge on any atom is -0.350 e. The maximum Gasteiger partial charge on any atom is 0.252 e. The molecular weight excluding hydrogens is 453 g/mol. The van der Waals surface area contributed by atoms with Crippen LogP contribution >= 0.6 is 22.6 Å². The van der Waals surface area contributed by atoms with E-state index in [4.69, 9.17) is 0 Å². The molecule has 0 amide bonds. The van der Waals surface area contributed by atoms with Gasteiger partial charge in [-0.3, -0.25) is 0 Å². The van der Waals surface area contributed by atoms with Gasteiger partial charge >= 0.3 is 0 Å². The van der Waals surface area contributed by atoms with Crippen LogP contribution in [0.5, 0.6) is 0 Å². The zero-order valence-corrected chi connectivity index (χ0v) is 17.0. The van der Waals surface area contributed by atoms with Crippen LogP contribution in [0.1, 0.15) is 30.9 Å². The van der Waals surface area contributed by atoms with E-state index in [1.165, 1.54) is 0 Å². The van der Waals surface area contributed by atoms with E-state index in [2.05, 4.69) is 43.0 Å². The van der Waals surface area contributed by atoms with E-state index in [9.17, 15) is 8.42 Å². The minimum atomic E-state index is -3.53. The Morgan fingerprint density at radius 2 is 1.96 bits per heavy atom. The molecule has 0 saturated carbocycles. The molecule has 3 rings (SSSR count). The van der Waals surface area contributed by atoms with E-state index >= 15 is 0 Å². The fourth-order valence-corrected chi connectivity index (χ4v) is 3.46. The summed E-state index contributed by atoms with van der Waals surface area (Å²) in [5.41, 5.74) is 2.48. The second-order valence-corrected chi connectivity index (χ2v) is 9.11. The number of halogens is 1. The lowest BCUT2D eigenvalue weighted by molar-refractivity contribution is 0.592. The molecule has 0 bridgehead atoms. The maximum atomic E-state index is 12.0. The minimum absolute atomic E-state index is 0.169. The number of nitrogens with zero attached hydrogens (tertiary/aromatic N) is 4. The Morgan fingerprint density at radius 3 is 2.60 bits per heavy atom. The molecule has 25 heavy (non-hydrogen) atoms. The summed E-state index contributed by atoms with van der Waals surface area (Å²) in [6, 6.07) is 7.95. The number of hydrogen-bond donors (Lipinski definition) is 1. The largest absolute Gasteiger partial charge is 0.350 e. The molecule has 3 aromatic rings. The number of aromatic nitrogens is 4. The van der Waals surface area contributed by atoms with E-state index in [1.54, 1.807) is 10.7 Å². The van der Waals surface area contributed by atoms with Crippen molar-refractivity contribution in [3.63, 3.8) is 0 Å². The topological polar surface area (TPSA) is 89.2 Å². The lowest BCUT2D eigenvalue weighted by atomic mass is 10.1. The first-order chi connectivity index (χ1) is 11.8. The van der Waals surface area contributed by atoms with Crippen molar-refractivity contribution in [2.24, 2.45) is 0 Å². The Morgan fingerprint density at radius 1 is 1.24 bits per heavy atom. The highest BCUT2D eigenvalue weighted by Gasteiger charge is 2.19. The van der Waals surface area contributed by atoms with Crippen LogP contribution in [0.3, 0.4) is 0 Å². The second kappa shape index (κ2) is 6.87. The number of sulfone groups is 1. The zero-order chi connectivity index (χ0) is 18.2. The van der Waals surface area contributed by atoms with Crippen molar-refractivity contribution in [3.05, 3.63) is 45.2 Å². The van der Waals surface area contributed by atoms with Gasteiger partial charge in [-0.05, 0) is 40.1 Å². The van der Waals surface area contributed by atoms with E-state index in [0.717, 1.165) is 21.0 Å². The van der Waals surface area contributed by atoms with Crippen molar-refractivity contribution in [2.45, 2.75) is 31.5 Å². The SMILES string of the molecule is CC(C)c1cnn2c(NCc3ccccc3I)nc(S(C)(=O)=O)nc12. The number of fused-ring (bicyclic) bond motifs is 1. The van der Waals surface area contributed by atoms with Crippen LogP contribution in [0.4, 0.5) is 5.95 Å². The molecule has 0 spiro atoms. The van der Waals surface area contributed by atoms with Crippen molar-refractivity contribution in [1.82, 2.24) is 19.6 Å². The molecule has 2 aromatic heterocycles. The van der Waals surface area contributed by atoms with Crippen LogP contribution in [-0.2, 0) is 16.4 Å². The second-order valence-electron chi connectivity index (χ2n) is 6.04. The van der Waals surface area contributed by atoms with Crippen LogP contribution in [0.2, 0.25) is 0 Å². The Bertz CT molecular complexity index is 1030. The van der Waals surface area contributed by atoms with Crippen molar-refractivity contribution in [3.8, 4) is 0 Å². The molecule has 1 N–H and O–H groups in total. The molecule has 0 aliphatic carbocycles. The van der Waals surface area contributed by atoms with Gasteiger partial charge < -0.3 is 5.32 Å². The van der Waals surface area contributed by atoms with Crippen molar-refractivity contribution in [1.29, 1.82) is 0 Å². The lowest BCUT2D eigenvalue weighted by Gasteiger charge is -2.10. The summed E-state index contributed by atoms with van der Waals surface area (Å²) >= 11 is 2.26. The molecule has 0 unspecified atom stereocenters. The normalized spacial score (nSPS) is 12.0. The number of anilines is 1. The van der Waals surface area contributed by atoms with Gasteiger partial charge in [-0.25, -0.2) is 8.42 Å². The third-order valence-electron chi connectivity index (χ3n) is 3.72. The van der Waals surface area contributed by atoms with Gasteiger partial charge in [0, 0.05) is 21.9 Å². The van der Waals surface area contributed by atoms with Gasteiger partial charge in [0.1, 0.15) is 0 Å². The first kappa shape index (κ1) is 18.1. The third-order valence-corrected chi connectivity index (χ3v) is 5.62. The Balaban J connectivity index is 2.08. The molecule has 2 heterocycles. The fourth-order valence-electron chi connectivity index (χ4n) is 2.38. The highest BCUT2D eigenvalue weighted by molar-refractivity contribution is 14.1. The summed E-state index contributed by atoms with van der Waals surface area (Å²) in [6.07, 6.45) is 2.81. The van der Waals surface area contributed by atoms with Crippen LogP contribution in [0.15, 0.2) is 35.6 Å². The Hall–Kier alpha value is -1.75. The lowest BCUT2D eigenvalue weighted by Crippen LogP contribution is -2.14. The van der Waals surface area contributed by atoms with Crippen LogP contribution in [0.25, 0.3) is 5.65 Å². The monoisotopic (exact) mass is 471 g/mol. The molecular formula is C16H18IN5O2S. The number of hydrogen-bond acceptors (Lipinski definition) is 6. The summed E-state index contributed by atoms with van der Waals surface area (Å²) in [4.78, 5) is 8.40. The van der Waals surface area contributed by atoms with Gasteiger partial charge in [-0.1, -0.05) is 32.0 Å². The van der Waals surface area contributed by atoms with Gasteiger partial charge in [0.2, 0.25) is 15.8 Å². The predicted octanol–water partition coefficient (Wildman–Crippen LogP) is 2.87. The van der Waals surface area contributed by atoms with Crippen molar-refractivity contribution < 1.29 is 8.42 Å². The van der Waals surface area contributed by atoms with Gasteiger partial charge in [0.15, 0.2) is 5.65 Å². The van der Waals surface area contributed by atoms with Gasteiger partial charge in [-0.15, -0.1) is 0 Å². The van der Waals surface area contributed by atoms with Crippen molar-refractivity contribution >= 4 is 44.0 Å². The van der Waals surface area contributed by atoms with Crippen LogP contribution in [-0.4, -0.2) is 34.3 Å². The number of benzene rings is 1. The molecule has 1 aromatic carbocycles. The van der Waals surface area contributed by atoms with E-state index in [-0.39, 0.29) is 11.1 Å². The Kier molecular flexibility index (Phi) is 4.96. The zero-order valence-electron chi connectivity index (χ0n) is 14.1. The molecule has 9 heteroatoms. The predicted molar refractivity (Wildman–Crippen MR) is 104 cm³/mol. The fraction of sp³-hybridized carbons (Fsp3) is 0.312. The summed E-state index contributed by atoms with van der Waals surface area (Å²) in [5.74, 6) is 0.528. The molecule has 132 valence electrons. The standard InChI is InChI=1S/C16H18IN5O2S/c1-10(2)12-9-19-22-14(12)20-16(25(3,23)24)21-15(22)18-8-11-6-4-5-7-13(11)17/h4-7,9-10H,8H2,1-3H3,(H,18,20,21). The molecule has 0 atom stereocenters. The quantitative estimate of drug-likeness (QED) is 0.576. The summed E-state index contributed by atoms with van der Waals surface area (Å²) in [6.45, 7) is 4.53. The molecule has 0 saturated heterocycles. The number of nitrogens with one attached hydrogen (secondary N) is 1. The summed E-state index contributed by atoms with van der Waals surface area (Å²) in [5, 5.41) is 7.32. The smallest absolute Gasteiger partial charge is 0.252 e. The van der Waals surface area contributed by atoms with Crippen LogP contribution < -0.4 is 5.32 Å². The molecule has 7 nitrogen and oxygen atoms in total. The summed E-state index contributed by atoms with van der Waals surface area (Å²) in [7, 11) is -3.53. The average molecular weight is 471 g/mol. The maximum absolute atomic E-state index is 12.0. The molecule has 0 radical (unpaired) electrons. The van der Waals surface area contributed by atoms with Gasteiger partial charge in [0.05, 0.1) is 6.20 Å². The molecule has 0 aliphatic rings. The Labute approximate surface area is 159 Å². The van der Waals surface area contributed by atoms with Gasteiger partial charge in [-0.2, -0.15) is 19.6 Å². The van der Waals surface area contributed by atoms with E-state index < -0.39 is 9.84 Å².